The van der Waals surface area contributed by atoms with Crippen LogP contribution in [0, 0.1) is 5.92 Å². The molecule has 4 heteroatoms. The van der Waals surface area contributed by atoms with Gasteiger partial charge in [-0.25, -0.2) is 0 Å². The van der Waals surface area contributed by atoms with Gasteiger partial charge in [-0.05, 0) is 51.5 Å². The Morgan fingerprint density at radius 1 is 1.42 bits per heavy atom. The van der Waals surface area contributed by atoms with Crippen molar-refractivity contribution in [3.8, 4) is 0 Å². The van der Waals surface area contributed by atoms with Crippen LogP contribution in [0.25, 0.3) is 0 Å². The maximum Gasteiger partial charge on any atom is 0.326 e. The molecule has 2 N–H and O–H groups in total. The largest absolute Gasteiger partial charge is 0.465 e. The van der Waals surface area contributed by atoms with Crippen molar-refractivity contribution in [2.75, 3.05) is 19.7 Å². The molecule has 0 bridgehead atoms. The van der Waals surface area contributed by atoms with Gasteiger partial charge in [0.25, 0.3) is 0 Å². The summed E-state index contributed by atoms with van der Waals surface area (Å²) in [6.07, 6.45) is 6.46. The van der Waals surface area contributed by atoms with E-state index in [1.165, 1.54) is 32.4 Å². The van der Waals surface area contributed by atoms with Gasteiger partial charge in [0.1, 0.15) is 5.54 Å². The Hall–Kier alpha value is -0.610. The first kappa shape index (κ1) is 14.8. The van der Waals surface area contributed by atoms with E-state index >= 15 is 0 Å². The maximum absolute atomic E-state index is 12.0. The minimum atomic E-state index is -0.736. The fourth-order valence-corrected chi connectivity index (χ4v) is 3.58. The number of likely N-dealkylation sites (tertiary alicyclic amines) is 1. The zero-order chi connectivity index (χ0) is 13.9. The third-order valence-electron chi connectivity index (χ3n) is 4.85. The van der Waals surface area contributed by atoms with Crippen LogP contribution in [-0.2, 0) is 9.53 Å². The number of carbonyl (C=O) groups excluding carboxylic acids is 1. The van der Waals surface area contributed by atoms with Gasteiger partial charge in [-0.1, -0.05) is 13.3 Å². The third kappa shape index (κ3) is 3.29. The third-order valence-corrected chi connectivity index (χ3v) is 4.85. The second kappa shape index (κ2) is 6.23. The van der Waals surface area contributed by atoms with Gasteiger partial charge in [-0.15, -0.1) is 0 Å². The van der Waals surface area contributed by atoms with Gasteiger partial charge in [-0.2, -0.15) is 0 Å². The molecule has 1 aliphatic carbocycles. The topological polar surface area (TPSA) is 55.6 Å². The lowest BCUT2D eigenvalue weighted by molar-refractivity contribution is -0.149. The van der Waals surface area contributed by atoms with E-state index in [0.717, 1.165) is 25.2 Å². The zero-order valence-corrected chi connectivity index (χ0v) is 12.4. The molecule has 2 aliphatic rings. The molecule has 2 fully saturated rings. The number of hydrogen-bond donors (Lipinski definition) is 1. The Kier molecular flexibility index (Phi) is 4.85. The molecule has 1 saturated heterocycles. The van der Waals surface area contributed by atoms with E-state index in [-0.39, 0.29) is 5.97 Å². The summed E-state index contributed by atoms with van der Waals surface area (Å²) >= 11 is 0. The molecule has 3 atom stereocenters. The molecule has 1 saturated carbocycles. The molecule has 3 unspecified atom stereocenters. The Morgan fingerprint density at radius 2 is 2.21 bits per heavy atom. The van der Waals surface area contributed by atoms with Gasteiger partial charge in [0.05, 0.1) is 6.61 Å². The summed E-state index contributed by atoms with van der Waals surface area (Å²) in [7, 11) is 0. The summed E-state index contributed by atoms with van der Waals surface area (Å²) in [6, 6.07) is 0.476. The normalized spacial score (nSPS) is 36.4. The van der Waals surface area contributed by atoms with Gasteiger partial charge < -0.3 is 15.4 Å². The van der Waals surface area contributed by atoms with Crippen LogP contribution in [-0.4, -0.2) is 42.1 Å². The highest BCUT2D eigenvalue weighted by Gasteiger charge is 2.45. The number of hydrogen-bond acceptors (Lipinski definition) is 4. The zero-order valence-electron chi connectivity index (χ0n) is 12.4. The number of piperidine rings is 1. The highest BCUT2D eigenvalue weighted by Crippen LogP contribution is 2.34. The van der Waals surface area contributed by atoms with Crippen LogP contribution in [0.15, 0.2) is 0 Å². The number of rotatable bonds is 4. The lowest BCUT2D eigenvalue weighted by atomic mass is 9.93. The van der Waals surface area contributed by atoms with E-state index in [1.807, 2.05) is 6.92 Å². The smallest absolute Gasteiger partial charge is 0.326 e. The number of esters is 1. The molecule has 0 radical (unpaired) electrons. The number of carbonyl (C=O) groups is 1. The van der Waals surface area contributed by atoms with Crippen molar-refractivity contribution in [2.45, 2.75) is 64.0 Å². The van der Waals surface area contributed by atoms with E-state index in [0.29, 0.717) is 12.6 Å². The fraction of sp³-hybridized carbons (Fsp3) is 0.933. The van der Waals surface area contributed by atoms with Crippen LogP contribution in [0.3, 0.4) is 0 Å². The lowest BCUT2D eigenvalue weighted by Crippen LogP contribution is -2.49. The molecule has 19 heavy (non-hydrogen) atoms. The van der Waals surface area contributed by atoms with Crippen LogP contribution in [0.5, 0.6) is 0 Å². The monoisotopic (exact) mass is 268 g/mol. The van der Waals surface area contributed by atoms with E-state index in [1.54, 1.807) is 0 Å². The first-order chi connectivity index (χ1) is 9.09. The quantitative estimate of drug-likeness (QED) is 0.792. The van der Waals surface area contributed by atoms with Crippen molar-refractivity contribution < 1.29 is 9.53 Å². The summed E-state index contributed by atoms with van der Waals surface area (Å²) in [6.45, 7) is 6.88. The molecular weight excluding hydrogens is 240 g/mol. The van der Waals surface area contributed by atoms with Crippen LogP contribution in [0.4, 0.5) is 0 Å². The standard InChI is InChI=1S/C15H28N2O2/c1-3-12-6-5-9-17(11-12)13-7-8-15(16,10-13)14(18)19-4-2/h12-13H,3-11,16H2,1-2H3. The summed E-state index contributed by atoms with van der Waals surface area (Å²) in [5.41, 5.74) is 5.52. The van der Waals surface area contributed by atoms with Gasteiger partial charge in [0.2, 0.25) is 0 Å². The molecule has 1 aliphatic heterocycles. The van der Waals surface area contributed by atoms with Crippen LogP contribution >= 0.6 is 0 Å². The predicted octanol–water partition coefficient (Wildman–Crippen LogP) is 1.92. The number of ether oxygens (including phenoxy) is 1. The molecule has 0 aromatic rings. The molecule has 2 rings (SSSR count). The second-order valence-electron chi connectivity index (χ2n) is 6.18. The average Bonchev–Trinajstić information content (AvgIpc) is 2.83. The fourth-order valence-electron chi connectivity index (χ4n) is 3.58. The van der Waals surface area contributed by atoms with Gasteiger partial charge in [-0.3, -0.25) is 4.79 Å². The molecule has 4 nitrogen and oxygen atoms in total. The first-order valence-corrected chi connectivity index (χ1v) is 7.79. The molecule has 0 spiro atoms. The van der Waals surface area contributed by atoms with Crippen molar-refractivity contribution in [3.63, 3.8) is 0 Å². The Bertz CT molecular complexity index is 321. The molecule has 1 heterocycles. The highest BCUT2D eigenvalue weighted by molar-refractivity contribution is 5.81. The summed E-state index contributed by atoms with van der Waals surface area (Å²) in [5.74, 6) is 0.616. The number of nitrogens with two attached hydrogens (primary N) is 1. The van der Waals surface area contributed by atoms with Crippen molar-refractivity contribution >= 4 is 5.97 Å². The van der Waals surface area contributed by atoms with Crippen molar-refractivity contribution in [1.82, 2.24) is 4.90 Å². The minimum Gasteiger partial charge on any atom is -0.465 e. The Labute approximate surface area is 116 Å². The molecule has 0 amide bonds. The highest BCUT2D eigenvalue weighted by atomic mass is 16.5. The molecule has 0 aromatic carbocycles. The second-order valence-corrected chi connectivity index (χ2v) is 6.18. The Balaban J connectivity index is 1.92. The van der Waals surface area contributed by atoms with E-state index in [2.05, 4.69) is 11.8 Å². The molecular formula is C15H28N2O2. The van der Waals surface area contributed by atoms with Crippen molar-refractivity contribution in [1.29, 1.82) is 0 Å². The van der Waals surface area contributed by atoms with Crippen LogP contribution < -0.4 is 5.73 Å². The van der Waals surface area contributed by atoms with Gasteiger partial charge in [0, 0.05) is 12.6 Å². The van der Waals surface area contributed by atoms with Crippen LogP contribution in [0.2, 0.25) is 0 Å². The van der Waals surface area contributed by atoms with E-state index < -0.39 is 5.54 Å². The Morgan fingerprint density at radius 3 is 2.89 bits per heavy atom. The summed E-state index contributed by atoms with van der Waals surface area (Å²) in [4.78, 5) is 14.5. The molecule has 110 valence electrons. The summed E-state index contributed by atoms with van der Waals surface area (Å²) < 4.78 is 5.12. The minimum absolute atomic E-state index is 0.207. The van der Waals surface area contributed by atoms with Gasteiger partial charge >= 0.3 is 5.97 Å². The maximum atomic E-state index is 12.0. The average molecular weight is 268 g/mol. The number of nitrogens with zero attached hydrogens (tertiary/aromatic N) is 1. The first-order valence-electron chi connectivity index (χ1n) is 7.79. The SMILES string of the molecule is CCOC(=O)C1(N)CCC(N2CCCC(CC)C2)C1. The van der Waals surface area contributed by atoms with Crippen LogP contribution in [0.1, 0.15) is 52.4 Å². The van der Waals surface area contributed by atoms with Crippen molar-refractivity contribution in [3.05, 3.63) is 0 Å². The predicted molar refractivity (Wildman–Crippen MR) is 75.8 cm³/mol. The van der Waals surface area contributed by atoms with E-state index in [9.17, 15) is 4.79 Å². The van der Waals surface area contributed by atoms with Crippen molar-refractivity contribution in [2.24, 2.45) is 11.7 Å². The van der Waals surface area contributed by atoms with Gasteiger partial charge in [0.15, 0.2) is 0 Å². The summed E-state index contributed by atoms with van der Waals surface area (Å²) in [5, 5.41) is 0. The van der Waals surface area contributed by atoms with E-state index in [4.69, 9.17) is 10.5 Å². The molecule has 0 aromatic heterocycles. The lowest BCUT2D eigenvalue weighted by Gasteiger charge is -2.37.